The Labute approximate surface area is 95.1 Å². The minimum atomic E-state index is -0.444. The fraction of sp³-hybridized carbons (Fsp3) is 0.462. The van der Waals surface area contributed by atoms with E-state index in [0.717, 1.165) is 11.1 Å². The Morgan fingerprint density at radius 3 is 2.62 bits per heavy atom. The van der Waals surface area contributed by atoms with Crippen LogP contribution in [0, 0.1) is 5.41 Å². The molecule has 1 N–H and O–H groups in total. The molecule has 1 unspecified atom stereocenters. The number of benzene rings is 1. The first kappa shape index (κ1) is 11.1. The number of aliphatic hydroxyl groups is 1. The summed E-state index contributed by atoms with van der Waals surface area (Å²) in [5, 5.41) is 9.96. The summed E-state index contributed by atoms with van der Waals surface area (Å²) in [6, 6.07) is 7.63. The van der Waals surface area contributed by atoms with Crippen molar-refractivity contribution in [2.75, 3.05) is 0 Å². The lowest BCUT2D eigenvalue weighted by molar-refractivity contribution is 0.0583. The molecule has 1 aromatic heterocycles. The number of hydrogen-bond donors (Lipinski definition) is 1. The van der Waals surface area contributed by atoms with E-state index in [1.165, 1.54) is 0 Å². The van der Waals surface area contributed by atoms with Crippen LogP contribution in [0.2, 0.25) is 0 Å². The zero-order valence-electron chi connectivity index (χ0n) is 9.90. The lowest BCUT2D eigenvalue weighted by Gasteiger charge is -2.24. The Kier molecular flexibility index (Phi) is 2.72. The number of nitrogens with zero attached hydrogens (tertiary/aromatic N) is 1. The van der Waals surface area contributed by atoms with Crippen molar-refractivity contribution in [3.05, 3.63) is 30.2 Å². The molecule has 2 rings (SSSR count). The van der Waals surface area contributed by atoms with Gasteiger partial charge in [0.15, 0.2) is 11.5 Å². The normalized spacial score (nSPS) is 14.2. The predicted molar refractivity (Wildman–Crippen MR) is 63.2 cm³/mol. The van der Waals surface area contributed by atoms with Gasteiger partial charge in [-0.25, -0.2) is 4.98 Å². The van der Waals surface area contributed by atoms with Gasteiger partial charge in [-0.15, -0.1) is 0 Å². The molecule has 1 atom stereocenters. The number of aromatic nitrogens is 1. The van der Waals surface area contributed by atoms with Crippen molar-refractivity contribution in [1.82, 2.24) is 4.98 Å². The van der Waals surface area contributed by atoms with Gasteiger partial charge in [-0.1, -0.05) is 32.9 Å². The van der Waals surface area contributed by atoms with Gasteiger partial charge in [-0.2, -0.15) is 0 Å². The predicted octanol–water partition coefficient (Wildman–Crippen LogP) is 2.78. The topological polar surface area (TPSA) is 46.3 Å². The highest BCUT2D eigenvalue weighted by molar-refractivity contribution is 5.72. The Hall–Kier alpha value is -1.35. The highest BCUT2D eigenvalue weighted by Gasteiger charge is 2.24. The maximum absolute atomic E-state index is 9.96. The third-order valence-electron chi connectivity index (χ3n) is 2.71. The molecule has 0 saturated carbocycles. The lowest BCUT2D eigenvalue weighted by Crippen LogP contribution is -2.28. The fourth-order valence-electron chi connectivity index (χ4n) is 1.48. The standard InChI is InChI=1S/C13H17NO2/c1-13(2,3)11(15)8-12-14-9-6-4-5-7-10(9)16-12/h4-7,11,15H,8H2,1-3H3. The van der Waals surface area contributed by atoms with Crippen LogP contribution in [0.15, 0.2) is 28.7 Å². The Bertz CT molecular complexity index is 449. The first-order valence-corrected chi connectivity index (χ1v) is 5.49. The number of fused-ring (bicyclic) bond motifs is 1. The van der Waals surface area contributed by atoms with Gasteiger partial charge in [0.05, 0.1) is 12.5 Å². The molecule has 0 aliphatic heterocycles. The molecule has 1 heterocycles. The van der Waals surface area contributed by atoms with Gasteiger partial charge in [0.1, 0.15) is 5.52 Å². The first-order chi connectivity index (χ1) is 7.47. The van der Waals surface area contributed by atoms with Crippen LogP contribution in [0.25, 0.3) is 11.1 Å². The highest BCUT2D eigenvalue weighted by Crippen LogP contribution is 2.23. The number of para-hydroxylation sites is 2. The van der Waals surface area contributed by atoms with Crippen molar-refractivity contribution in [2.45, 2.75) is 33.3 Å². The summed E-state index contributed by atoms with van der Waals surface area (Å²) >= 11 is 0. The van der Waals surface area contributed by atoms with E-state index in [9.17, 15) is 5.11 Å². The van der Waals surface area contributed by atoms with Gasteiger partial charge in [0, 0.05) is 0 Å². The third-order valence-corrected chi connectivity index (χ3v) is 2.71. The SMILES string of the molecule is CC(C)(C)C(O)Cc1nc2ccccc2o1. The van der Waals surface area contributed by atoms with Gasteiger partial charge in [-0.05, 0) is 17.5 Å². The maximum atomic E-state index is 9.96. The molecular formula is C13H17NO2. The summed E-state index contributed by atoms with van der Waals surface area (Å²) < 4.78 is 5.56. The van der Waals surface area contributed by atoms with Crippen molar-refractivity contribution in [2.24, 2.45) is 5.41 Å². The summed E-state index contributed by atoms with van der Waals surface area (Å²) in [7, 11) is 0. The summed E-state index contributed by atoms with van der Waals surface area (Å²) in [5.74, 6) is 0.601. The molecule has 0 fully saturated rings. The van der Waals surface area contributed by atoms with Crippen LogP contribution >= 0.6 is 0 Å². The van der Waals surface area contributed by atoms with Crippen LogP contribution in [0.5, 0.6) is 0 Å². The van der Waals surface area contributed by atoms with Crippen LogP contribution < -0.4 is 0 Å². The summed E-state index contributed by atoms with van der Waals surface area (Å²) in [4.78, 5) is 4.34. The number of oxazole rings is 1. The Balaban J connectivity index is 2.22. The zero-order valence-corrected chi connectivity index (χ0v) is 9.90. The van der Waals surface area contributed by atoms with Gasteiger partial charge in [0.2, 0.25) is 0 Å². The lowest BCUT2D eigenvalue weighted by atomic mass is 9.87. The van der Waals surface area contributed by atoms with Crippen molar-refractivity contribution < 1.29 is 9.52 Å². The molecule has 0 radical (unpaired) electrons. The molecular weight excluding hydrogens is 202 g/mol. The number of hydrogen-bond acceptors (Lipinski definition) is 3. The average molecular weight is 219 g/mol. The molecule has 3 heteroatoms. The van der Waals surface area contributed by atoms with Gasteiger partial charge < -0.3 is 9.52 Å². The minimum absolute atomic E-state index is 0.152. The third kappa shape index (κ3) is 2.25. The van der Waals surface area contributed by atoms with Crippen LogP contribution in [-0.4, -0.2) is 16.2 Å². The minimum Gasteiger partial charge on any atom is -0.441 e. The maximum Gasteiger partial charge on any atom is 0.198 e. The zero-order chi connectivity index (χ0) is 11.8. The average Bonchev–Trinajstić information content (AvgIpc) is 2.58. The van der Waals surface area contributed by atoms with Crippen LogP contribution in [0.4, 0.5) is 0 Å². The van der Waals surface area contributed by atoms with E-state index in [-0.39, 0.29) is 5.41 Å². The van der Waals surface area contributed by atoms with Crippen molar-refractivity contribution in [3.8, 4) is 0 Å². The molecule has 0 amide bonds. The van der Waals surface area contributed by atoms with Crippen molar-refractivity contribution >= 4 is 11.1 Å². The molecule has 3 nitrogen and oxygen atoms in total. The van der Waals surface area contributed by atoms with E-state index in [1.54, 1.807) is 0 Å². The molecule has 0 bridgehead atoms. The quantitative estimate of drug-likeness (QED) is 0.844. The van der Waals surface area contributed by atoms with Gasteiger partial charge in [0.25, 0.3) is 0 Å². The molecule has 2 aromatic rings. The van der Waals surface area contributed by atoms with E-state index >= 15 is 0 Å². The van der Waals surface area contributed by atoms with E-state index in [1.807, 2.05) is 45.0 Å². The molecule has 0 spiro atoms. The summed E-state index contributed by atoms with van der Waals surface area (Å²) in [6.45, 7) is 6.00. The molecule has 1 aromatic carbocycles. The summed E-state index contributed by atoms with van der Waals surface area (Å²) in [6.07, 6.45) is 0.0126. The largest absolute Gasteiger partial charge is 0.441 e. The van der Waals surface area contributed by atoms with Gasteiger partial charge in [-0.3, -0.25) is 0 Å². The van der Waals surface area contributed by atoms with Crippen LogP contribution in [0.3, 0.4) is 0 Å². The van der Waals surface area contributed by atoms with E-state index in [2.05, 4.69) is 4.98 Å². The Morgan fingerprint density at radius 2 is 2.00 bits per heavy atom. The number of aliphatic hydroxyl groups excluding tert-OH is 1. The molecule has 16 heavy (non-hydrogen) atoms. The second kappa shape index (κ2) is 3.91. The monoisotopic (exact) mass is 219 g/mol. The Morgan fingerprint density at radius 1 is 1.31 bits per heavy atom. The van der Waals surface area contributed by atoms with Crippen molar-refractivity contribution in [1.29, 1.82) is 0 Å². The number of rotatable bonds is 2. The van der Waals surface area contributed by atoms with E-state index in [4.69, 9.17) is 4.42 Å². The van der Waals surface area contributed by atoms with Crippen molar-refractivity contribution in [3.63, 3.8) is 0 Å². The second-order valence-corrected chi connectivity index (χ2v) is 5.16. The van der Waals surface area contributed by atoms with E-state index in [0.29, 0.717) is 12.3 Å². The highest BCUT2D eigenvalue weighted by atomic mass is 16.4. The smallest absolute Gasteiger partial charge is 0.198 e. The fourth-order valence-corrected chi connectivity index (χ4v) is 1.48. The first-order valence-electron chi connectivity index (χ1n) is 5.49. The second-order valence-electron chi connectivity index (χ2n) is 5.16. The molecule has 0 aliphatic carbocycles. The molecule has 0 saturated heterocycles. The van der Waals surface area contributed by atoms with Crippen LogP contribution in [0.1, 0.15) is 26.7 Å². The summed E-state index contributed by atoms with van der Waals surface area (Å²) in [5.41, 5.74) is 1.47. The van der Waals surface area contributed by atoms with Crippen LogP contribution in [-0.2, 0) is 6.42 Å². The molecule has 0 aliphatic rings. The molecule has 86 valence electrons. The van der Waals surface area contributed by atoms with E-state index < -0.39 is 6.10 Å². The van der Waals surface area contributed by atoms with Gasteiger partial charge >= 0.3 is 0 Å².